The molecule has 3 aromatic carbocycles. The van der Waals surface area contributed by atoms with Gasteiger partial charge in [-0.25, -0.2) is 9.97 Å². The Balaban J connectivity index is 1.35. The highest BCUT2D eigenvalue weighted by molar-refractivity contribution is 6.31. The number of hydrogen-bond donors (Lipinski definition) is 3. The number of benzene rings is 3. The number of anilines is 1. The van der Waals surface area contributed by atoms with E-state index in [9.17, 15) is 4.79 Å². The summed E-state index contributed by atoms with van der Waals surface area (Å²) >= 11 is 6.20. The normalized spacial score (nSPS) is 11.5. The maximum atomic E-state index is 13.1. The van der Waals surface area contributed by atoms with Gasteiger partial charge in [0.15, 0.2) is 0 Å². The molecular weight excluding hydrogens is 496 g/mol. The molecule has 38 heavy (non-hydrogen) atoms. The summed E-state index contributed by atoms with van der Waals surface area (Å²) in [5.41, 5.74) is 6.40. The van der Waals surface area contributed by atoms with Crippen molar-refractivity contribution in [3.05, 3.63) is 113 Å². The molecule has 8 heteroatoms. The van der Waals surface area contributed by atoms with Gasteiger partial charge >= 0.3 is 0 Å². The molecule has 0 spiro atoms. The van der Waals surface area contributed by atoms with Crippen LogP contribution in [0.4, 0.5) is 5.95 Å². The number of hydrogen-bond acceptors (Lipinski definition) is 4. The van der Waals surface area contributed by atoms with Crippen LogP contribution in [0.15, 0.2) is 90.1 Å². The average molecular weight is 523 g/mol. The monoisotopic (exact) mass is 522 g/mol. The van der Waals surface area contributed by atoms with Gasteiger partial charge in [-0.15, -0.1) is 0 Å². The number of fused-ring (bicyclic) bond motifs is 1. The minimum atomic E-state index is -0.279. The fourth-order valence-electron chi connectivity index (χ4n) is 4.27. The lowest BCUT2D eigenvalue weighted by molar-refractivity contribution is 0.0977. The van der Waals surface area contributed by atoms with Crippen LogP contribution in [0.2, 0.25) is 5.02 Å². The molecule has 0 bridgehead atoms. The van der Waals surface area contributed by atoms with Crippen molar-refractivity contribution in [2.75, 3.05) is 11.9 Å². The molecule has 3 N–H and O–H groups in total. The van der Waals surface area contributed by atoms with Crippen LogP contribution in [0.3, 0.4) is 0 Å². The molecule has 2 heterocycles. The number of halogens is 1. The van der Waals surface area contributed by atoms with E-state index in [1.54, 1.807) is 12.1 Å². The highest BCUT2D eigenvalue weighted by atomic mass is 35.5. The van der Waals surface area contributed by atoms with Gasteiger partial charge < -0.3 is 4.98 Å². The minimum Gasteiger partial charge on any atom is -0.361 e. The number of aryl methyl sites for hydroxylation is 2. The number of carbonyl (C=O) groups is 1. The van der Waals surface area contributed by atoms with Crippen LogP contribution in [0.5, 0.6) is 0 Å². The second-order valence-corrected chi connectivity index (χ2v) is 9.42. The predicted molar refractivity (Wildman–Crippen MR) is 154 cm³/mol. The molecule has 0 atom stereocenters. The highest BCUT2D eigenvalue weighted by Gasteiger charge is 2.12. The summed E-state index contributed by atoms with van der Waals surface area (Å²) in [6, 6.07) is 25.1. The van der Waals surface area contributed by atoms with Crippen molar-refractivity contribution < 1.29 is 4.79 Å². The molecule has 0 fully saturated rings. The number of amides is 1. The SMILES string of the molecule is Cc1cc(C)nc(NC(=NCCc2c[nH]c3ccc(Cl)cc23)NC(=O)c2ccc(-c3ccccc3)cc2)n1. The van der Waals surface area contributed by atoms with E-state index < -0.39 is 0 Å². The van der Waals surface area contributed by atoms with Gasteiger partial charge in [0.05, 0.1) is 0 Å². The van der Waals surface area contributed by atoms with Crippen molar-refractivity contribution in [1.29, 1.82) is 0 Å². The molecular formula is C30H27ClN6O. The van der Waals surface area contributed by atoms with Crippen molar-refractivity contribution in [1.82, 2.24) is 20.3 Å². The van der Waals surface area contributed by atoms with Gasteiger partial charge in [-0.05, 0) is 73.4 Å². The van der Waals surface area contributed by atoms with Crippen LogP contribution < -0.4 is 10.6 Å². The molecule has 0 aliphatic carbocycles. The van der Waals surface area contributed by atoms with Gasteiger partial charge in [-0.3, -0.25) is 20.4 Å². The van der Waals surface area contributed by atoms with Crippen LogP contribution >= 0.6 is 11.6 Å². The third-order valence-corrected chi connectivity index (χ3v) is 6.31. The third kappa shape index (κ3) is 6.07. The Labute approximate surface area is 226 Å². The van der Waals surface area contributed by atoms with E-state index in [1.807, 2.05) is 86.8 Å². The molecule has 0 aliphatic rings. The first-order valence-corrected chi connectivity index (χ1v) is 12.7. The second kappa shape index (κ2) is 11.3. The maximum absolute atomic E-state index is 13.1. The number of carbonyl (C=O) groups excluding carboxylic acids is 1. The lowest BCUT2D eigenvalue weighted by atomic mass is 10.0. The standard InChI is InChI=1S/C30H27ClN6O/c1-19-16-20(2)35-30(34-19)37-29(32-15-14-24-18-33-27-13-12-25(31)17-26(24)27)36-28(38)23-10-8-22(9-11-23)21-6-4-3-5-7-21/h3-13,16-18,33H,14-15H2,1-2H3,(H2,32,34,35,36,37,38). The predicted octanol–water partition coefficient (Wildman–Crippen LogP) is 6.34. The van der Waals surface area contributed by atoms with Gasteiger partial charge in [-0.1, -0.05) is 54.1 Å². The Morgan fingerprint density at radius 3 is 2.37 bits per heavy atom. The van der Waals surface area contributed by atoms with Gasteiger partial charge in [0.2, 0.25) is 11.9 Å². The van der Waals surface area contributed by atoms with Crippen molar-refractivity contribution in [3.8, 4) is 11.1 Å². The Kier molecular flexibility index (Phi) is 7.47. The van der Waals surface area contributed by atoms with Gasteiger partial charge in [0.25, 0.3) is 5.91 Å². The summed E-state index contributed by atoms with van der Waals surface area (Å²) < 4.78 is 0. The molecule has 7 nitrogen and oxygen atoms in total. The van der Waals surface area contributed by atoms with E-state index in [4.69, 9.17) is 11.6 Å². The molecule has 0 aliphatic heterocycles. The minimum absolute atomic E-state index is 0.279. The van der Waals surface area contributed by atoms with Crippen molar-refractivity contribution in [2.45, 2.75) is 20.3 Å². The average Bonchev–Trinajstić information content (AvgIpc) is 3.30. The maximum Gasteiger partial charge on any atom is 0.257 e. The molecule has 5 rings (SSSR count). The Hall–Kier alpha value is -4.49. The number of H-pyrrole nitrogens is 1. The first-order valence-electron chi connectivity index (χ1n) is 12.3. The van der Waals surface area contributed by atoms with Crippen LogP contribution in [-0.4, -0.2) is 33.4 Å². The van der Waals surface area contributed by atoms with E-state index >= 15 is 0 Å². The van der Waals surface area contributed by atoms with E-state index in [1.165, 1.54) is 0 Å². The topological polar surface area (TPSA) is 95.1 Å². The van der Waals surface area contributed by atoms with Gasteiger partial charge in [-0.2, -0.15) is 0 Å². The first-order chi connectivity index (χ1) is 18.4. The highest BCUT2D eigenvalue weighted by Crippen LogP contribution is 2.23. The number of nitrogens with one attached hydrogen (secondary N) is 3. The number of aliphatic imine (C=N–C) groups is 1. The van der Waals surface area contributed by atoms with Crippen LogP contribution in [0, 0.1) is 13.8 Å². The van der Waals surface area contributed by atoms with Crippen LogP contribution in [0.25, 0.3) is 22.0 Å². The summed E-state index contributed by atoms with van der Waals surface area (Å²) in [7, 11) is 0. The smallest absolute Gasteiger partial charge is 0.257 e. The third-order valence-electron chi connectivity index (χ3n) is 6.08. The van der Waals surface area contributed by atoms with Crippen molar-refractivity contribution in [3.63, 3.8) is 0 Å². The van der Waals surface area contributed by atoms with Crippen molar-refractivity contribution >= 4 is 40.3 Å². The quantitative estimate of drug-likeness (QED) is 0.179. The number of nitrogens with zero attached hydrogens (tertiary/aromatic N) is 3. The lowest BCUT2D eigenvalue weighted by Gasteiger charge is -2.12. The molecule has 0 saturated carbocycles. The zero-order valence-corrected chi connectivity index (χ0v) is 21.9. The van der Waals surface area contributed by atoms with Crippen LogP contribution in [0.1, 0.15) is 27.3 Å². The lowest BCUT2D eigenvalue weighted by Crippen LogP contribution is -2.37. The molecule has 0 unspecified atom stereocenters. The second-order valence-electron chi connectivity index (χ2n) is 8.98. The molecule has 0 saturated heterocycles. The van der Waals surface area contributed by atoms with Gasteiger partial charge in [0.1, 0.15) is 0 Å². The molecule has 1 amide bonds. The zero-order valence-electron chi connectivity index (χ0n) is 21.1. The van der Waals surface area contributed by atoms with E-state index in [-0.39, 0.29) is 11.9 Å². The Morgan fingerprint density at radius 2 is 1.63 bits per heavy atom. The first kappa shape index (κ1) is 25.2. The van der Waals surface area contributed by atoms with E-state index in [0.29, 0.717) is 29.5 Å². The summed E-state index contributed by atoms with van der Waals surface area (Å²) in [6.45, 7) is 4.22. The largest absolute Gasteiger partial charge is 0.361 e. The fraction of sp³-hybridized carbons (Fsp3) is 0.133. The Bertz CT molecular complexity index is 1590. The number of rotatable bonds is 6. The Morgan fingerprint density at radius 1 is 0.921 bits per heavy atom. The molecule has 2 aromatic heterocycles. The molecule has 5 aromatic rings. The molecule has 190 valence electrons. The van der Waals surface area contributed by atoms with Crippen LogP contribution in [-0.2, 0) is 6.42 Å². The van der Waals surface area contributed by atoms with Crippen molar-refractivity contribution in [2.24, 2.45) is 4.99 Å². The summed E-state index contributed by atoms with van der Waals surface area (Å²) in [4.78, 5) is 29.9. The summed E-state index contributed by atoms with van der Waals surface area (Å²) in [5.74, 6) is 0.379. The molecule has 0 radical (unpaired) electrons. The zero-order chi connectivity index (χ0) is 26.5. The summed E-state index contributed by atoms with van der Waals surface area (Å²) in [6.07, 6.45) is 2.62. The number of guanidine groups is 1. The number of aromatic amines is 1. The fourth-order valence-corrected chi connectivity index (χ4v) is 4.44. The van der Waals surface area contributed by atoms with Gasteiger partial charge in [0, 0.05) is 45.6 Å². The number of aromatic nitrogens is 3. The van der Waals surface area contributed by atoms with E-state index in [0.717, 1.165) is 39.0 Å². The summed E-state index contributed by atoms with van der Waals surface area (Å²) in [5, 5.41) is 7.73. The van der Waals surface area contributed by atoms with E-state index in [2.05, 4.69) is 30.6 Å².